The van der Waals surface area contributed by atoms with Gasteiger partial charge in [-0.3, -0.25) is 10.1 Å². The molecule has 0 aromatic carbocycles. The largest absolute Gasteiger partial charge is 0.397 e. The summed E-state index contributed by atoms with van der Waals surface area (Å²) in [5.74, 6) is 0. The molecule has 1 unspecified atom stereocenters. The minimum Gasteiger partial charge on any atom is -0.397 e. The summed E-state index contributed by atoms with van der Waals surface area (Å²) in [6.45, 7) is 3.51. The first-order chi connectivity index (χ1) is 6.52. The van der Waals surface area contributed by atoms with Crippen LogP contribution >= 0.6 is 11.3 Å². The van der Waals surface area contributed by atoms with E-state index in [1.54, 1.807) is 19.9 Å². The molecule has 0 spiro atoms. The Morgan fingerprint density at radius 2 is 2.14 bits per heavy atom. The normalized spacial score (nSPS) is 11.4. The van der Waals surface area contributed by atoms with Crippen molar-refractivity contribution in [3.63, 3.8) is 0 Å². The minimum absolute atomic E-state index is 0.0703. The Bertz CT molecular complexity index is 285. The number of rotatable bonds is 2. The van der Waals surface area contributed by atoms with Gasteiger partial charge in [0.25, 0.3) is 0 Å². The highest BCUT2D eigenvalue weighted by Gasteiger charge is 2.11. The van der Waals surface area contributed by atoms with E-state index in [1.165, 1.54) is 6.07 Å². The predicted octanol–water partition coefficient (Wildman–Crippen LogP) is 1.71. The summed E-state index contributed by atoms with van der Waals surface area (Å²) in [5.41, 5.74) is 0. The molecule has 0 amide bonds. The molecule has 14 heavy (non-hydrogen) atoms. The van der Waals surface area contributed by atoms with Gasteiger partial charge < -0.3 is 10.2 Å². The molecule has 0 aliphatic carbocycles. The highest BCUT2D eigenvalue weighted by atomic mass is 32.1. The van der Waals surface area contributed by atoms with Crippen LogP contribution in [0.1, 0.15) is 24.8 Å². The van der Waals surface area contributed by atoms with E-state index in [-0.39, 0.29) is 11.6 Å². The maximum atomic E-state index is 10.2. The van der Waals surface area contributed by atoms with E-state index < -0.39 is 11.0 Å². The molecule has 0 saturated heterocycles. The van der Waals surface area contributed by atoms with Gasteiger partial charge in [-0.05, 0) is 19.9 Å². The van der Waals surface area contributed by atoms with Crippen molar-refractivity contribution in [2.24, 2.45) is 0 Å². The number of hydrogen-bond donors (Lipinski definition) is 2. The molecule has 1 atom stereocenters. The minimum atomic E-state index is -0.617. The topological polar surface area (TPSA) is 83.6 Å². The van der Waals surface area contributed by atoms with E-state index in [4.69, 9.17) is 10.2 Å². The molecule has 1 aromatic rings. The van der Waals surface area contributed by atoms with Crippen molar-refractivity contribution in [3.05, 3.63) is 27.1 Å². The Hall–Kier alpha value is -0.980. The van der Waals surface area contributed by atoms with Gasteiger partial charge in [0.2, 0.25) is 0 Å². The van der Waals surface area contributed by atoms with Crippen molar-refractivity contribution in [1.82, 2.24) is 0 Å². The van der Waals surface area contributed by atoms with Crippen molar-refractivity contribution in [2.45, 2.75) is 20.0 Å². The molecule has 6 heteroatoms. The molecule has 0 saturated carbocycles. The van der Waals surface area contributed by atoms with Crippen LogP contribution in [-0.2, 0) is 0 Å². The van der Waals surface area contributed by atoms with Crippen molar-refractivity contribution >= 4 is 16.3 Å². The molecule has 0 aliphatic heterocycles. The van der Waals surface area contributed by atoms with Gasteiger partial charge >= 0.3 is 5.00 Å². The zero-order chi connectivity index (χ0) is 11.1. The van der Waals surface area contributed by atoms with Gasteiger partial charge in [-0.25, -0.2) is 0 Å². The summed E-state index contributed by atoms with van der Waals surface area (Å²) >= 11 is 1.000. The third-order valence-electron chi connectivity index (χ3n) is 1.20. The van der Waals surface area contributed by atoms with E-state index in [1.807, 2.05) is 0 Å². The van der Waals surface area contributed by atoms with Gasteiger partial charge in [-0.2, -0.15) is 0 Å². The summed E-state index contributed by atoms with van der Waals surface area (Å²) in [6.07, 6.45) is -0.617. The smallest absolute Gasteiger partial charge is 0.324 e. The Labute approximate surface area is 85.8 Å². The summed E-state index contributed by atoms with van der Waals surface area (Å²) in [7, 11) is 0. The van der Waals surface area contributed by atoms with E-state index >= 15 is 0 Å². The lowest BCUT2D eigenvalue weighted by Gasteiger charge is -1.94. The first kappa shape index (κ1) is 13.0. The molecule has 0 fully saturated rings. The van der Waals surface area contributed by atoms with Crippen LogP contribution in [0.5, 0.6) is 0 Å². The fourth-order valence-electron chi connectivity index (χ4n) is 0.665. The highest BCUT2D eigenvalue weighted by molar-refractivity contribution is 7.15. The molecule has 1 rings (SSSR count). The Morgan fingerprint density at radius 3 is 2.36 bits per heavy atom. The summed E-state index contributed by atoms with van der Waals surface area (Å²) in [4.78, 5) is 10.3. The first-order valence-electron chi connectivity index (χ1n) is 4.06. The van der Waals surface area contributed by atoms with Crippen LogP contribution in [0, 0.1) is 10.1 Å². The van der Waals surface area contributed by atoms with E-state index in [9.17, 15) is 10.1 Å². The first-order valence-corrected chi connectivity index (χ1v) is 4.87. The number of aliphatic hydroxyl groups is 2. The fraction of sp³-hybridized carbons (Fsp3) is 0.500. The van der Waals surface area contributed by atoms with Gasteiger partial charge in [0, 0.05) is 17.6 Å². The summed E-state index contributed by atoms with van der Waals surface area (Å²) < 4.78 is 0. The molecule has 0 aliphatic rings. The van der Waals surface area contributed by atoms with Gasteiger partial charge in [0.15, 0.2) is 0 Å². The van der Waals surface area contributed by atoms with Gasteiger partial charge in [0.1, 0.15) is 0 Å². The maximum absolute atomic E-state index is 10.2. The standard InChI is InChI=1S/C6H7NO3S.C2H6O/c1-4(8)5-2-3-6(11-5)7(9)10;1-2-3/h2-4,8H,1H3;3H,2H2,1H3. The Morgan fingerprint density at radius 1 is 1.64 bits per heavy atom. The fourth-order valence-corrected chi connectivity index (χ4v) is 1.42. The second-order valence-electron chi connectivity index (χ2n) is 2.43. The van der Waals surface area contributed by atoms with Crippen LogP contribution in [0.25, 0.3) is 0 Å². The van der Waals surface area contributed by atoms with E-state index in [0.717, 1.165) is 11.3 Å². The molecule has 1 heterocycles. The maximum Gasteiger partial charge on any atom is 0.324 e. The average molecular weight is 219 g/mol. The van der Waals surface area contributed by atoms with Crippen LogP contribution in [0.3, 0.4) is 0 Å². The number of nitrogens with zero attached hydrogens (tertiary/aromatic N) is 1. The molecule has 1 aromatic heterocycles. The zero-order valence-electron chi connectivity index (χ0n) is 8.01. The van der Waals surface area contributed by atoms with Gasteiger partial charge in [-0.1, -0.05) is 11.3 Å². The van der Waals surface area contributed by atoms with Crippen molar-refractivity contribution in [2.75, 3.05) is 6.61 Å². The lowest BCUT2D eigenvalue weighted by Crippen LogP contribution is -1.84. The zero-order valence-corrected chi connectivity index (χ0v) is 8.82. The van der Waals surface area contributed by atoms with Gasteiger partial charge in [-0.15, -0.1) is 0 Å². The summed E-state index contributed by atoms with van der Waals surface area (Å²) in [5, 5.41) is 26.8. The van der Waals surface area contributed by atoms with Crippen molar-refractivity contribution < 1.29 is 15.1 Å². The van der Waals surface area contributed by atoms with Gasteiger partial charge in [0.05, 0.1) is 11.0 Å². The molecule has 0 bridgehead atoms. The van der Waals surface area contributed by atoms with Crippen LogP contribution in [-0.4, -0.2) is 21.7 Å². The molecular formula is C8H13NO4S. The number of thiophene rings is 1. The summed E-state index contributed by atoms with van der Waals surface area (Å²) in [6, 6.07) is 2.96. The molecular weight excluding hydrogens is 206 g/mol. The van der Waals surface area contributed by atoms with Crippen LogP contribution < -0.4 is 0 Å². The lowest BCUT2D eigenvalue weighted by atomic mass is 10.3. The Balaban J connectivity index is 0.000000500. The number of aliphatic hydroxyl groups excluding tert-OH is 2. The van der Waals surface area contributed by atoms with Crippen molar-refractivity contribution in [1.29, 1.82) is 0 Å². The quantitative estimate of drug-likeness (QED) is 0.585. The van der Waals surface area contributed by atoms with Crippen LogP contribution in [0.15, 0.2) is 12.1 Å². The third-order valence-corrected chi connectivity index (χ3v) is 2.41. The van der Waals surface area contributed by atoms with E-state index in [0.29, 0.717) is 4.88 Å². The predicted molar refractivity (Wildman–Crippen MR) is 54.4 cm³/mol. The molecule has 0 radical (unpaired) electrons. The van der Waals surface area contributed by atoms with Crippen LogP contribution in [0.2, 0.25) is 0 Å². The average Bonchev–Trinajstić information content (AvgIpc) is 2.53. The third kappa shape index (κ3) is 4.31. The SMILES string of the molecule is CC(O)c1ccc([N+](=O)[O-])s1.CCO. The van der Waals surface area contributed by atoms with E-state index in [2.05, 4.69) is 0 Å². The second kappa shape index (κ2) is 6.47. The molecule has 5 nitrogen and oxygen atoms in total. The number of hydrogen-bond acceptors (Lipinski definition) is 5. The van der Waals surface area contributed by atoms with Crippen LogP contribution in [0.4, 0.5) is 5.00 Å². The monoisotopic (exact) mass is 219 g/mol. The van der Waals surface area contributed by atoms with Crippen molar-refractivity contribution in [3.8, 4) is 0 Å². The Kier molecular flexibility index (Phi) is 6.02. The second-order valence-corrected chi connectivity index (χ2v) is 3.52. The molecule has 2 N–H and O–H groups in total. The molecule has 80 valence electrons. The highest BCUT2D eigenvalue weighted by Crippen LogP contribution is 2.28. The number of nitro groups is 1. The lowest BCUT2D eigenvalue weighted by molar-refractivity contribution is -0.380.